The SMILES string of the molecule is O=C(NCC1=CN(c2ccc(-c3ccc(=O)[nH]n3)cc2)NN1)c1ccc(Cl)s1. The van der Waals surface area contributed by atoms with Crippen LogP contribution in [0.4, 0.5) is 5.69 Å². The van der Waals surface area contributed by atoms with Crippen LogP contribution in [-0.2, 0) is 0 Å². The average Bonchev–Trinajstić information content (AvgIpc) is 3.36. The summed E-state index contributed by atoms with van der Waals surface area (Å²) in [7, 11) is 0. The maximum atomic E-state index is 12.1. The molecule has 0 aliphatic carbocycles. The zero-order chi connectivity index (χ0) is 19.5. The van der Waals surface area contributed by atoms with Crippen LogP contribution in [0, 0.1) is 0 Å². The van der Waals surface area contributed by atoms with Gasteiger partial charge in [-0.3, -0.25) is 14.6 Å². The van der Waals surface area contributed by atoms with Gasteiger partial charge in [-0.1, -0.05) is 23.7 Å². The predicted octanol–water partition coefficient (Wildman–Crippen LogP) is 2.25. The minimum atomic E-state index is -0.236. The Morgan fingerprint density at radius 3 is 2.64 bits per heavy atom. The Morgan fingerprint density at radius 2 is 1.96 bits per heavy atom. The number of benzene rings is 1. The number of amides is 1. The van der Waals surface area contributed by atoms with Gasteiger partial charge in [0.05, 0.1) is 32.8 Å². The highest BCUT2D eigenvalue weighted by molar-refractivity contribution is 7.17. The Morgan fingerprint density at radius 1 is 1.14 bits per heavy atom. The molecule has 1 aliphatic heterocycles. The van der Waals surface area contributed by atoms with E-state index in [1.54, 1.807) is 23.2 Å². The third kappa shape index (κ3) is 4.06. The van der Waals surface area contributed by atoms with Gasteiger partial charge < -0.3 is 10.7 Å². The van der Waals surface area contributed by atoms with Crippen LogP contribution >= 0.6 is 22.9 Å². The lowest BCUT2D eigenvalue weighted by Crippen LogP contribution is -2.38. The molecule has 1 aliphatic rings. The minimum Gasteiger partial charge on any atom is -0.346 e. The third-order valence-corrected chi connectivity index (χ3v) is 5.21. The number of halogens is 1. The second-order valence-electron chi connectivity index (χ2n) is 5.90. The number of nitrogens with one attached hydrogen (secondary N) is 4. The maximum absolute atomic E-state index is 12.1. The van der Waals surface area contributed by atoms with Gasteiger partial charge >= 0.3 is 0 Å². The van der Waals surface area contributed by atoms with E-state index in [0.29, 0.717) is 21.5 Å². The van der Waals surface area contributed by atoms with Gasteiger partial charge in [0, 0.05) is 17.8 Å². The van der Waals surface area contributed by atoms with Gasteiger partial charge in [-0.25, -0.2) is 5.10 Å². The lowest BCUT2D eigenvalue weighted by atomic mass is 10.1. The fourth-order valence-corrected chi connectivity index (χ4v) is 3.54. The number of hydrogen-bond donors (Lipinski definition) is 4. The van der Waals surface area contributed by atoms with E-state index in [4.69, 9.17) is 11.6 Å². The molecule has 0 saturated heterocycles. The number of thiophene rings is 1. The van der Waals surface area contributed by atoms with Crippen molar-refractivity contribution in [2.24, 2.45) is 0 Å². The molecular weight excluding hydrogens is 400 g/mol. The standard InChI is InChI=1S/C18H15ClN6O2S/c19-16-7-6-15(28-16)18(27)20-9-12-10-25(24-21-12)13-3-1-11(2-4-13)14-5-8-17(26)23-22-14/h1-8,10,21,24H,9H2,(H,20,27)(H,23,26). The highest BCUT2D eigenvalue weighted by atomic mass is 35.5. The second-order valence-corrected chi connectivity index (χ2v) is 7.62. The molecule has 28 heavy (non-hydrogen) atoms. The van der Waals surface area contributed by atoms with E-state index in [-0.39, 0.29) is 11.5 Å². The van der Waals surface area contributed by atoms with Gasteiger partial charge in [-0.2, -0.15) is 5.10 Å². The molecule has 10 heteroatoms. The van der Waals surface area contributed by atoms with Crippen molar-refractivity contribution < 1.29 is 4.79 Å². The topological polar surface area (TPSA) is 102 Å². The molecule has 3 aromatic rings. The molecule has 0 radical (unpaired) electrons. The minimum absolute atomic E-state index is 0.171. The van der Waals surface area contributed by atoms with E-state index in [2.05, 4.69) is 26.5 Å². The number of carbonyl (C=O) groups is 1. The van der Waals surface area contributed by atoms with Crippen molar-refractivity contribution in [3.63, 3.8) is 0 Å². The molecule has 0 spiro atoms. The monoisotopic (exact) mass is 414 g/mol. The molecule has 0 unspecified atom stereocenters. The molecule has 0 saturated carbocycles. The molecule has 0 fully saturated rings. The van der Waals surface area contributed by atoms with Crippen LogP contribution in [-0.4, -0.2) is 22.6 Å². The van der Waals surface area contributed by atoms with Crippen LogP contribution < -0.4 is 26.8 Å². The number of aromatic nitrogens is 2. The van der Waals surface area contributed by atoms with Gasteiger partial charge in [0.15, 0.2) is 0 Å². The molecule has 3 heterocycles. The first-order valence-electron chi connectivity index (χ1n) is 8.30. The van der Waals surface area contributed by atoms with Gasteiger partial charge in [-0.15, -0.1) is 16.9 Å². The van der Waals surface area contributed by atoms with E-state index < -0.39 is 0 Å². The highest BCUT2D eigenvalue weighted by Crippen LogP contribution is 2.22. The van der Waals surface area contributed by atoms with E-state index in [1.807, 2.05) is 30.5 Å². The lowest BCUT2D eigenvalue weighted by molar-refractivity contribution is 0.0960. The molecule has 2 aromatic heterocycles. The fourth-order valence-electron chi connectivity index (χ4n) is 2.58. The van der Waals surface area contributed by atoms with Crippen molar-refractivity contribution in [1.82, 2.24) is 26.5 Å². The molecule has 0 bridgehead atoms. The molecule has 4 N–H and O–H groups in total. The Hall–Kier alpha value is -3.14. The van der Waals surface area contributed by atoms with Gasteiger partial charge in [-0.05, 0) is 30.3 Å². The smallest absolute Gasteiger partial charge is 0.264 e. The largest absolute Gasteiger partial charge is 0.346 e. The van der Waals surface area contributed by atoms with Gasteiger partial charge in [0.25, 0.3) is 11.5 Å². The average molecular weight is 415 g/mol. The predicted molar refractivity (Wildman–Crippen MR) is 109 cm³/mol. The Labute approximate surface area is 168 Å². The first kappa shape index (κ1) is 18.2. The number of H-pyrrole nitrogens is 1. The van der Waals surface area contributed by atoms with Crippen LogP contribution in [0.5, 0.6) is 0 Å². The van der Waals surface area contributed by atoms with Crippen LogP contribution in [0.15, 0.2) is 65.2 Å². The van der Waals surface area contributed by atoms with Crippen molar-refractivity contribution >= 4 is 34.5 Å². The Kier molecular flexibility index (Phi) is 5.11. The first-order valence-corrected chi connectivity index (χ1v) is 9.49. The molecule has 8 nitrogen and oxygen atoms in total. The number of aromatic amines is 1. The van der Waals surface area contributed by atoms with E-state index in [1.165, 1.54) is 17.4 Å². The number of hydrazine groups is 2. The normalized spacial score (nSPS) is 13.2. The summed E-state index contributed by atoms with van der Waals surface area (Å²) in [4.78, 5) is 23.8. The molecule has 0 atom stereocenters. The maximum Gasteiger partial charge on any atom is 0.264 e. The van der Waals surface area contributed by atoms with Crippen LogP contribution in [0.1, 0.15) is 9.67 Å². The summed E-state index contributed by atoms with van der Waals surface area (Å²) < 4.78 is 0.580. The summed E-state index contributed by atoms with van der Waals surface area (Å²) in [5.41, 5.74) is 9.07. The molecular formula is C18H15ClN6O2S. The number of hydrogen-bond acceptors (Lipinski definition) is 7. The fraction of sp³-hybridized carbons (Fsp3) is 0.0556. The third-order valence-electron chi connectivity index (χ3n) is 3.98. The van der Waals surface area contributed by atoms with E-state index >= 15 is 0 Å². The summed E-state index contributed by atoms with van der Waals surface area (Å²) in [6.07, 6.45) is 1.86. The Bertz CT molecular complexity index is 1070. The summed E-state index contributed by atoms with van der Waals surface area (Å²) in [6, 6.07) is 14.2. The number of anilines is 1. The van der Waals surface area contributed by atoms with Crippen molar-refractivity contribution in [3.8, 4) is 11.3 Å². The van der Waals surface area contributed by atoms with Crippen LogP contribution in [0.25, 0.3) is 11.3 Å². The second kappa shape index (κ2) is 7.85. The lowest BCUT2D eigenvalue weighted by Gasteiger charge is -2.15. The van der Waals surface area contributed by atoms with Gasteiger partial charge in [0.1, 0.15) is 0 Å². The summed E-state index contributed by atoms with van der Waals surface area (Å²) in [5.74, 6) is -0.171. The summed E-state index contributed by atoms with van der Waals surface area (Å²) >= 11 is 7.09. The summed E-state index contributed by atoms with van der Waals surface area (Å²) in [5, 5.41) is 11.1. The molecule has 1 aromatic carbocycles. The van der Waals surface area contributed by atoms with E-state index in [9.17, 15) is 9.59 Å². The number of rotatable bonds is 5. The highest BCUT2D eigenvalue weighted by Gasteiger charge is 2.15. The van der Waals surface area contributed by atoms with Crippen LogP contribution in [0.2, 0.25) is 4.34 Å². The zero-order valence-corrected chi connectivity index (χ0v) is 16.0. The molecule has 4 rings (SSSR count). The van der Waals surface area contributed by atoms with Gasteiger partial charge in [0.2, 0.25) is 0 Å². The zero-order valence-electron chi connectivity index (χ0n) is 14.4. The molecule has 142 valence electrons. The number of nitrogens with zero attached hydrogens (tertiary/aromatic N) is 2. The van der Waals surface area contributed by atoms with Crippen molar-refractivity contribution in [3.05, 3.63) is 80.0 Å². The quantitative estimate of drug-likeness (QED) is 0.510. The number of carbonyl (C=O) groups excluding carboxylic acids is 1. The van der Waals surface area contributed by atoms with Crippen molar-refractivity contribution in [2.75, 3.05) is 11.6 Å². The summed E-state index contributed by atoms with van der Waals surface area (Å²) in [6.45, 7) is 0.344. The molecule has 1 amide bonds. The van der Waals surface area contributed by atoms with Crippen molar-refractivity contribution in [1.29, 1.82) is 0 Å². The van der Waals surface area contributed by atoms with E-state index in [0.717, 1.165) is 16.9 Å². The van der Waals surface area contributed by atoms with Crippen molar-refractivity contribution in [2.45, 2.75) is 0 Å². The first-order chi connectivity index (χ1) is 13.6. The Balaban J connectivity index is 1.38. The van der Waals surface area contributed by atoms with Crippen LogP contribution in [0.3, 0.4) is 0 Å².